The molecule has 1 saturated heterocycles. The summed E-state index contributed by atoms with van der Waals surface area (Å²) >= 11 is 0. The molecule has 1 atom stereocenters. The minimum absolute atomic E-state index is 0.0472. The Morgan fingerprint density at radius 3 is 2.84 bits per heavy atom. The van der Waals surface area contributed by atoms with Gasteiger partial charge in [-0.2, -0.15) is 0 Å². The van der Waals surface area contributed by atoms with Crippen LogP contribution in [0.3, 0.4) is 0 Å². The van der Waals surface area contributed by atoms with Gasteiger partial charge in [0.1, 0.15) is 0 Å². The number of nitrogens with zero attached hydrogens (tertiary/aromatic N) is 1. The van der Waals surface area contributed by atoms with Gasteiger partial charge in [-0.05, 0) is 38.1 Å². The SMILES string of the molecule is CCN1CCCC(NC(=O)c2ccc(C(=O)O)o2)C1. The van der Waals surface area contributed by atoms with E-state index in [-0.39, 0.29) is 23.5 Å². The van der Waals surface area contributed by atoms with E-state index in [9.17, 15) is 9.59 Å². The molecule has 1 aromatic rings. The molecular weight excluding hydrogens is 248 g/mol. The molecule has 1 fully saturated rings. The third-order valence-electron chi connectivity index (χ3n) is 3.33. The standard InChI is InChI=1S/C13H18N2O4/c1-2-15-7-3-4-9(8-15)14-12(16)10-5-6-11(19-10)13(17)18/h5-6,9H,2-4,7-8H2,1H3,(H,14,16)(H,17,18). The number of likely N-dealkylation sites (N-methyl/N-ethyl adjacent to an activating group) is 1. The molecule has 0 bridgehead atoms. The molecule has 104 valence electrons. The van der Waals surface area contributed by atoms with Gasteiger partial charge in [0.2, 0.25) is 5.76 Å². The fraction of sp³-hybridized carbons (Fsp3) is 0.538. The van der Waals surface area contributed by atoms with Crippen molar-refractivity contribution in [2.45, 2.75) is 25.8 Å². The van der Waals surface area contributed by atoms with E-state index in [1.807, 2.05) is 0 Å². The molecule has 0 saturated carbocycles. The number of hydrogen-bond acceptors (Lipinski definition) is 4. The number of carbonyl (C=O) groups excluding carboxylic acids is 1. The molecule has 6 nitrogen and oxygen atoms in total. The van der Waals surface area contributed by atoms with Crippen LogP contribution in [0, 0.1) is 0 Å². The topological polar surface area (TPSA) is 82.8 Å². The van der Waals surface area contributed by atoms with Crippen molar-refractivity contribution in [3.8, 4) is 0 Å². The summed E-state index contributed by atoms with van der Waals surface area (Å²) in [6.07, 6.45) is 1.99. The largest absolute Gasteiger partial charge is 0.475 e. The van der Waals surface area contributed by atoms with Gasteiger partial charge in [0.15, 0.2) is 5.76 Å². The second-order valence-corrected chi connectivity index (χ2v) is 4.67. The summed E-state index contributed by atoms with van der Waals surface area (Å²) in [7, 11) is 0. The first-order valence-electron chi connectivity index (χ1n) is 6.46. The van der Waals surface area contributed by atoms with Gasteiger partial charge in [-0.1, -0.05) is 6.92 Å². The van der Waals surface area contributed by atoms with Gasteiger partial charge in [0.05, 0.1) is 0 Å². The highest BCUT2D eigenvalue weighted by Crippen LogP contribution is 2.12. The van der Waals surface area contributed by atoms with Crippen LogP contribution in [-0.4, -0.2) is 47.6 Å². The number of rotatable bonds is 4. The maximum absolute atomic E-state index is 11.9. The van der Waals surface area contributed by atoms with Crippen molar-refractivity contribution in [2.24, 2.45) is 0 Å². The fourth-order valence-electron chi connectivity index (χ4n) is 2.29. The van der Waals surface area contributed by atoms with Crippen molar-refractivity contribution in [2.75, 3.05) is 19.6 Å². The first-order chi connectivity index (χ1) is 9.10. The zero-order valence-electron chi connectivity index (χ0n) is 10.9. The summed E-state index contributed by atoms with van der Waals surface area (Å²) in [4.78, 5) is 24.9. The summed E-state index contributed by atoms with van der Waals surface area (Å²) < 4.78 is 4.98. The number of aromatic carboxylic acids is 1. The molecule has 0 spiro atoms. The van der Waals surface area contributed by atoms with Crippen LogP contribution in [-0.2, 0) is 0 Å². The Morgan fingerprint density at radius 1 is 1.47 bits per heavy atom. The van der Waals surface area contributed by atoms with Crippen LogP contribution in [0.15, 0.2) is 16.5 Å². The van der Waals surface area contributed by atoms with E-state index < -0.39 is 5.97 Å². The van der Waals surface area contributed by atoms with Crippen LogP contribution in [0.2, 0.25) is 0 Å². The van der Waals surface area contributed by atoms with Crippen molar-refractivity contribution < 1.29 is 19.1 Å². The van der Waals surface area contributed by atoms with Crippen LogP contribution < -0.4 is 5.32 Å². The van der Waals surface area contributed by atoms with E-state index in [0.717, 1.165) is 32.5 Å². The molecule has 0 aromatic carbocycles. The number of amides is 1. The Hall–Kier alpha value is -1.82. The molecular formula is C13H18N2O4. The van der Waals surface area contributed by atoms with Crippen LogP contribution >= 0.6 is 0 Å². The second-order valence-electron chi connectivity index (χ2n) is 4.67. The van der Waals surface area contributed by atoms with Gasteiger partial charge in [0, 0.05) is 12.6 Å². The number of carboxylic acid groups (broad SMARTS) is 1. The molecule has 19 heavy (non-hydrogen) atoms. The van der Waals surface area contributed by atoms with Crippen LogP contribution in [0.25, 0.3) is 0 Å². The summed E-state index contributed by atoms with van der Waals surface area (Å²) in [5.41, 5.74) is 0. The maximum Gasteiger partial charge on any atom is 0.371 e. The maximum atomic E-state index is 11.9. The Labute approximate surface area is 111 Å². The lowest BCUT2D eigenvalue weighted by Crippen LogP contribution is -2.47. The third kappa shape index (κ3) is 3.35. The summed E-state index contributed by atoms with van der Waals surface area (Å²) in [5.74, 6) is -1.70. The second kappa shape index (κ2) is 5.88. The highest BCUT2D eigenvalue weighted by Gasteiger charge is 2.22. The van der Waals surface area contributed by atoms with Crippen molar-refractivity contribution in [1.82, 2.24) is 10.2 Å². The smallest absolute Gasteiger partial charge is 0.371 e. The third-order valence-corrected chi connectivity index (χ3v) is 3.33. The number of carboxylic acids is 1. The minimum atomic E-state index is -1.17. The summed E-state index contributed by atoms with van der Waals surface area (Å²) in [6.45, 7) is 4.95. The fourth-order valence-corrected chi connectivity index (χ4v) is 2.29. The van der Waals surface area contributed by atoms with Crippen molar-refractivity contribution in [3.63, 3.8) is 0 Å². The van der Waals surface area contributed by atoms with E-state index >= 15 is 0 Å². The Morgan fingerprint density at radius 2 is 2.21 bits per heavy atom. The van der Waals surface area contributed by atoms with Crippen molar-refractivity contribution in [3.05, 3.63) is 23.7 Å². The minimum Gasteiger partial charge on any atom is -0.475 e. The number of piperidine rings is 1. The van der Waals surface area contributed by atoms with Crippen molar-refractivity contribution >= 4 is 11.9 Å². The first kappa shape index (κ1) is 13.6. The highest BCUT2D eigenvalue weighted by molar-refractivity contribution is 5.93. The van der Waals surface area contributed by atoms with Gasteiger partial charge in [0.25, 0.3) is 5.91 Å². The summed E-state index contributed by atoms with van der Waals surface area (Å²) in [5, 5.41) is 11.6. The lowest BCUT2D eigenvalue weighted by atomic mass is 10.1. The van der Waals surface area contributed by atoms with E-state index in [0.29, 0.717) is 0 Å². The molecule has 1 aliphatic heterocycles. The molecule has 6 heteroatoms. The van der Waals surface area contributed by atoms with Crippen LogP contribution in [0.1, 0.15) is 40.9 Å². The molecule has 2 heterocycles. The molecule has 2 N–H and O–H groups in total. The molecule has 1 aliphatic rings. The van der Waals surface area contributed by atoms with E-state index in [1.54, 1.807) is 0 Å². The first-order valence-corrected chi connectivity index (χ1v) is 6.46. The lowest BCUT2D eigenvalue weighted by molar-refractivity contribution is 0.0659. The zero-order valence-corrected chi connectivity index (χ0v) is 10.9. The van der Waals surface area contributed by atoms with Crippen molar-refractivity contribution in [1.29, 1.82) is 0 Å². The molecule has 1 aromatic heterocycles. The Kier molecular flexibility index (Phi) is 4.21. The molecule has 0 radical (unpaired) electrons. The molecule has 2 rings (SSSR count). The number of likely N-dealkylation sites (tertiary alicyclic amines) is 1. The van der Waals surface area contributed by atoms with Gasteiger partial charge >= 0.3 is 5.97 Å². The highest BCUT2D eigenvalue weighted by atomic mass is 16.4. The average Bonchev–Trinajstić information content (AvgIpc) is 2.89. The van der Waals surface area contributed by atoms with Gasteiger partial charge in [-0.15, -0.1) is 0 Å². The molecule has 1 amide bonds. The van der Waals surface area contributed by atoms with Crippen LogP contribution in [0.4, 0.5) is 0 Å². The van der Waals surface area contributed by atoms with E-state index in [4.69, 9.17) is 9.52 Å². The average molecular weight is 266 g/mol. The monoisotopic (exact) mass is 266 g/mol. The number of nitrogens with one attached hydrogen (secondary N) is 1. The van der Waals surface area contributed by atoms with E-state index in [2.05, 4.69) is 17.1 Å². The molecule has 1 unspecified atom stereocenters. The quantitative estimate of drug-likeness (QED) is 0.855. The Bertz CT molecular complexity index is 469. The predicted octanol–water partition coefficient (Wildman–Crippen LogP) is 1.19. The number of carbonyl (C=O) groups is 2. The van der Waals surface area contributed by atoms with Crippen LogP contribution in [0.5, 0.6) is 0 Å². The van der Waals surface area contributed by atoms with Gasteiger partial charge in [-0.25, -0.2) is 4.79 Å². The lowest BCUT2D eigenvalue weighted by Gasteiger charge is -2.32. The number of hydrogen-bond donors (Lipinski definition) is 2. The zero-order chi connectivity index (χ0) is 13.8. The summed E-state index contributed by atoms with van der Waals surface area (Å²) in [6, 6.07) is 2.77. The van der Waals surface area contributed by atoms with Gasteiger partial charge < -0.3 is 19.7 Å². The normalized spacial score (nSPS) is 20.2. The molecule has 0 aliphatic carbocycles. The predicted molar refractivity (Wildman–Crippen MR) is 68.3 cm³/mol. The number of furan rings is 1. The Balaban J connectivity index is 1.94. The van der Waals surface area contributed by atoms with E-state index in [1.165, 1.54) is 12.1 Å². The van der Waals surface area contributed by atoms with Gasteiger partial charge in [-0.3, -0.25) is 4.79 Å².